The van der Waals surface area contributed by atoms with Crippen LogP contribution in [0.4, 0.5) is 5.69 Å². The Morgan fingerprint density at radius 1 is 1.33 bits per heavy atom. The van der Waals surface area contributed by atoms with E-state index in [2.05, 4.69) is 16.3 Å². The van der Waals surface area contributed by atoms with E-state index in [1.54, 1.807) is 24.3 Å². The number of morpholine rings is 1. The SMILES string of the molecule is CC(C(=O)Nc1ccc(C#N)cc1)N1C[C@@H](C)O[C@@H](C)C1. The lowest BCUT2D eigenvalue weighted by atomic mass is 10.1. The summed E-state index contributed by atoms with van der Waals surface area (Å²) in [5.74, 6) is -0.0407. The number of rotatable bonds is 3. The molecule has 1 heterocycles. The molecule has 1 aromatic rings. The maximum atomic E-state index is 12.3. The Balaban J connectivity index is 1.97. The second-order valence-electron chi connectivity index (χ2n) is 5.57. The number of amides is 1. The molecule has 5 nitrogen and oxygen atoms in total. The van der Waals surface area contributed by atoms with Crippen molar-refractivity contribution >= 4 is 11.6 Å². The van der Waals surface area contributed by atoms with Crippen LogP contribution in [0.3, 0.4) is 0 Å². The van der Waals surface area contributed by atoms with E-state index >= 15 is 0 Å². The molecule has 1 fully saturated rings. The Kier molecular flexibility index (Phi) is 4.94. The number of hydrogen-bond donors (Lipinski definition) is 1. The third kappa shape index (κ3) is 4.03. The van der Waals surface area contributed by atoms with Gasteiger partial charge in [0.15, 0.2) is 0 Å². The van der Waals surface area contributed by atoms with Crippen molar-refractivity contribution in [2.75, 3.05) is 18.4 Å². The third-order valence-electron chi connectivity index (χ3n) is 3.66. The van der Waals surface area contributed by atoms with Gasteiger partial charge in [0.25, 0.3) is 0 Å². The molecule has 21 heavy (non-hydrogen) atoms. The van der Waals surface area contributed by atoms with E-state index < -0.39 is 0 Å². The Hall–Kier alpha value is -1.90. The van der Waals surface area contributed by atoms with E-state index in [9.17, 15) is 4.79 Å². The van der Waals surface area contributed by atoms with Gasteiger partial charge in [0.2, 0.25) is 5.91 Å². The standard InChI is InChI=1S/C16H21N3O2/c1-11-9-19(10-12(2)21-11)13(3)16(20)18-15-6-4-14(8-17)5-7-15/h4-7,11-13H,9-10H2,1-3H3,(H,18,20)/t11-,12+,13?. The normalized spacial score (nSPS) is 24.1. The van der Waals surface area contributed by atoms with Crippen LogP contribution < -0.4 is 5.32 Å². The Morgan fingerprint density at radius 2 is 1.90 bits per heavy atom. The van der Waals surface area contributed by atoms with E-state index in [0.29, 0.717) is 11.3 Å². The monoisotopic (exact) mass is 287 g/mol. The van der Waals surface area contributed by atoms with Gasteiger partial charge in [-0.3, -0.25) is 9.69 Å². The molecule has 0 radical (unpaired) electrons. The van der Waals surface area contributed by atoms with Crippen LogP contribution in [-0.4, -0.2) is 42.1 Å². The molecule has 2 rings (SSSR count). The van der Waals surface area contributed by atoms with Gasteiger partial charge in [-0.25, -0.2) is 0 Å². The molecule has 0 aliphatic carbocycles. The summed E-state index contributed by atoms with van der Waals surface area (Å²) in [5, 5.41) is 11.7. The molecule has 0 bridgehead atoms. The minimum absolute atomic E-state index is 0.0407. The maximum Gasteiger partial charge on any atom is 0.241 e. The predicted octanol–water partition coefficient (Wildman–Crippen LogP) is 1.99. The largest absolute Gasteiger partial charge is 0.373 e. The number of ether oxygens (including phenoxy) is 1. The number of hydrogen-bond acceptors (Lipinski definition) is 4. The van der Waals surface area contributed by atoms with Gasteiger partial charge in [0.1, 0.15) is 0 Å². The van der Waals surface area contributed by atoms with E-state index in [-0.39, 0.29) is 24.2 Å². The highest BCUT2D eigenvalue weighted by Gasteiger charge is 2.29. The fraction of sp³-hybridized carbons (Fsp3) is 0.500. The molecule has 1 aliphatic rings. The van der Waals surface area contributed by atoms with Crippen molar-refractivity contribution < 1.29 is 9.53 Å². The van der Waals surface area contributed by atoms with Crippen LogP contribution in [0.5, 0.6) is 0 Å². The van der Waals surface area contributed by atoms with Gasteiger partial charge in [0.05, 0.1) is 29.9 Å². The summed E-state index contributed by atoms with van der Waals surface area (Å²) in [7, 11) is 0. The molecule has 1 unspecified atom stereocenters. The number of anilines is 1. The number of nitrogens with one attached hydrogen (secondary N) is 1. The number of carbonyl (C=O) groups is 1. The lowest BCUT2D eigenvalue weighted by Gasteiger charge is -2.38. The van der Waals surface area contributed by atoms with E-state index in [1.807, 2.05) is 20.8 Å². The highest BCUT2D eigenvalue weighted by Crippen LogP contribution is 2.15. The average molecular weight is 287 g/mol. The second kappa shape index (κ2) is 6.70. The number of nitriles is 1. The predicted molar refractivity (Wildman–Crippen MR) is 80.8 cm³/mol. The summed E-state index contributed by atoms with van der Waals surface area (Å²) in [6.45, 7) is 7.46. The number of carbonyl (C=O) groups excluding carboxylic acids is 1. The minimum atomic E-state index is -0.213. The van der Waals surface area contributed by atoms with Crippen LogP contribution in [0.15, 0.2) is 24.3 Å². The molecule has 5 heteroatoms. The van der Waals surface area contributed by atoms with Crippen LogP contribution in [0.1, 0.15) is 26.3 Å². The van der Waals surface area contributed by atoms with Gasteiger partial charge >= 0.3 is 0 Å². The third-order valence-corrected chi connectivity index (χ3v) is 3.66. The van der Waals surface area contributed by atoms with Crippen LogP contribution in [0.2, 0.25) is 0 Å². The van der Waals surface area contributed by atoms with Crippen LogP contribution in [0.25, 0.3) is 0 Å². The van der Waals surface area contributed by atoms with Crippen molar-refractivity contribution in [3.63, 3.8) is 0 Å². The minimum Gasteiger partial charge on any atom is -0.373 e. The summed E-state index contributed by atoms with van der Waals surface area (Å²) in [5.41, 5.74) is 1.29. The Bertz CT molecular complexity index is 525. The lowest BCUT2D eigenvalue weighted by Crippen LogP contribution is -2.52. The van der Waals surface area contributed by atoms with Gasteiger partial charge in [-0.1, -0.05) is 0 Å². The van der Waals surface area contributed by atoms with Crippen molar-refractivity contribution in [1.82, 2.24) is 4.90 Å². The molecule has 0 aromatic heterocycles. The van der Waals surface area contributed by atoms with Crippen molar-refractivity contribution in [3.8, 4) is 6.07 Å². The van der Waals surface area contributed by atoms with Crippen molar-refractivity contribution in [2.24, 2.45) is 0 Å². The summed E-state index contributed by atoms with van der Waals surface area (Å²) >= 11 is 0. The molecule has 1 N–H and O–H groups in total. The zero-order valence-corrected chi connectivity index (χ0v) is 12.7. The quantitative estimate of drug-likeness (QED) is 0.923. The molecular formula is C16H21N3O2. The summed E-state index contributed by atoms with van der Waals surface area (Å²) < 4.78 is 5.69. The summed E-state index contributed by atoms with van der Waals surface area (Å²) in [6.07, 6.45) is 0.276. The molecule has 112 valence electrons. The smallest absolute Gasteiger partial charge is 0.241 e. The molecule has 0 saturated carbocycles. The fourth-order valence-corrected chi connectivity index (χ4v) is 2.57. The van der Waals surface area contributed by atoms with Crippen molar-refractivity contribution in [3.05, 3.63) is 29.8 Å². The van der Waals surface area contributed by atoms with Gasteiger partial charge < -0.3 is 10.1 Å². The van der Waals surface area contributed by atoms with Crippen LogP contribution >= 0.6 is 0 Å². The first-order valence-electron chi connectivity index (χ1n) is 7.20. The van der Waals surface area contributed by atoms with Crippen molar-refractivity contribution in [2.45, 2.75) is 39.0 Å². The molecule has 1 amide bonds. The first kappa shape index (κ1) is 15.5. The Labute approximate surface area is 125 Å². The van der Waals surface area contributed by atoms with Gasteiger partial charge in [-0.05, 0) is 45.0 Å². The molecule has 1 aliphatic heterocycles. The molecule has 3 atom stereocenters. The van der Waals surface area contributed by atoms with Gasteiger partial charge in [-0.2, -0.15) is 5.26 Å². The molecule has 1 saturated heterocycles. The lowest BCUT2D eigenvalue weighted by molar-refractivity contribution is -0.126. The second-order valence-corrected chi connectivity index (χ2v) is 5.57. The van der Waals surface area contributed by atoms with Gasteiger partial charge in [0, 0.05) is 18.8 Å². The van der Waals surface area contributed by atoms with E-state index in [1.165, 1.54) is 0 Å². The summed E-state index contributed by atoms with van der Waals surface area (Å²) in [6, 6.07) is 8.72. The van der Waals surface area contributed by atoms with Gasteiger partial charge in [-0.15, -0.1) is 0 Å². The number of nitrogens with zero attached hydrogens (tertiary/aromatic N) is 2. The first-order chi connectivity index (χ1) is 9.99. The number of benzene rings is 1. The first-order valence-corrected chi connectivity index (χ1v) is 7.20. The molecule has 0 spiro atoms. The highest BCUT2D eigenvalue weighted by atomic mass is 16.5. The Morgan fingerprint density at radius 3 is 2.43 bits per heavy atom. The molecular weight excluding hydrogens is 266 g/mol. The zero-order chi connectivity index (χ0) is 15.4. The van der Waals surface area contributed by atoms with Crippen LogP contribution in [-0.2, 0) is 9.53 Å². The topological polar surface area (TPSA) is 65.4 Å². The van der Waals surface area contributed by atoms with E-state index in [0.717, 1.165) is 13.1 Å². The zero-order valence-electron chi connectivity index (χ0n) is 12.7. The fourth-order valence-electron chi connectivity index (χ4n) is 2.57. The highest BCUT2D eigenvalue weighted by molar-refractivity contribution is 5.94. The van der Waals surface area contributed by atoms with E-state index in [4.69, 9.17) is 10.00 Å². The van der Waals surface area contributed by atoms with Crippen molar-refractivity contribution in [1.29, 1.82) is 5.26 Å². The average Bonchev–Trinajstić information content (AvgIpc) is 2.46. The summed E-state index contributed by atoms with van der Waals surface area (Å²) in [4.78, 5) is 14.5. The van der Waals surface area contributed by atoms with Crippen LogP contribution in [0, 0.1) is 11.3 Å². The maximum absolute atomic E-state index is 12.3. The molecule has 1 aromatic carbocycles.